The monoisotopic (exact) mass is 449 g/mol. The maximum Gasteiger partial charge on any atom is 0.0881 e. The Kier molecular flexibility index (Phi) is 20.5. The number of rotatable bonds is 21. The smallest absolute Gasteiger partial charge is 0.0881 e. The lowest BCUT2D eigenvalue weighted by Gasteiger charge is -2.24. The molecule has 1 aromatic rings. The molecule has 0 bridgehead atoms. The first-order valence-electron chi connectivity index (χ1n) is 13.1. The van der Waals surface area contributed by atoms with Crippen LogP contribution >= 0.6 is 0 Å². The van der Waals surface area contributed by atoms with E-state index >= 15 is 0 Å². The first kappa shape index (κ1) is 30.2. The molecule has 0 radical (unpaired) electrons. The van der Waals surface area contributed by atoms with Crippen LogP contribution in [0.1, 0.15) is 115 Å². The molecule has 1 nitrogen and oxygen atoms in total. The fourth-order valence-corrected chi connectivity index (χ4v) is 4.24. The van der Waals surface area contributed by atoms with Crippen LogP contribution in [0.25, 0.3) is 0 Å². The summed E-state index contributed by atoms with van der Waals surface area (Å²) in [6.07, 6.45) is 27.7. The lowest BCUT2D eigenvalue weighted by Crippen LogP contribution is -3.00. The van der Waals surface area contributed by atoms with Gasteiger partial charge in [-0.05, 0) is 37.8 Å². The maximum atomic E-state index is 3.91. The first-order chi connectivity index (χ1) is 14.6. The molecule has 0 N–H and O–H groups in total. The maximum absolute atomic E-state index is 3.91. The van der Waals surface area contributed by atoms with Gasteiger partial charge in [-0.25, -0.2) is 0 Å². The van der Waals surface area contributed by atoms with Crippen molar-refractivity contribution in [3.8, 4) is 0 Å². The minimum atomic E-state index is 0. The zero-order valence-electron chi connectivity index (χ0n) is 20.9. The van der Waals surface area contributed by atoms with Gasteiger partial charge in [0.05, 0.1) is 26.8 Å². The molecule has 0 saturated heterocycles. The van der Waals surface area contributed by atoms with E-state index in [1.807, 2.05) is 6.20 Å². The lowest BCUT2D eigenvalue weighted by atomic mass is 10.0. The summed E-state index contributed by atoms with van der Waals surface area (Å²) in [5.74, 6) is 0. The van der Waals surface area contributed by atoms with Gasteiger partial charge in [0.15, 0.2) is 0 Å². The highest BCUT2D eigenvalue weighted by atomic mass is 35.5. The summed E-state index contributed by atoms with van der Waals surface area (Å²) in [4.78, 5) is 0. The molecular formula is C29H52ClN. The molecule has 2 heteroatoms. The second-order valence-electron chi connectivity index (χ2n) is 9.93. The van der Waals surface area contributed by atoms with Crippen molar-refractivity contribution in [3.63, 3.8) is 0 Å². The molecule has 0 unspecified atom stereocenters. The Morgan fingerprint density at radius 3 is 1.32 bits per heavy atom. The van der Waals surface area contributed by atoms with E-state index in [0.29, 0.717) is 0 Å². The highest BCUT2D eigenvalue weighted by Gasteiger charge is 2.08. The predicted molar refractivity (Wildman–Crippen MR) is 136 cm³/mol. The average Bonchev–Trinajstić information content (AvgIpc) is 2.76. The molecule has 0 heterocycles. The third-order valence-electron chi connectivity index (χ3n) is 6.54. The molecule has 1 rings (SSSR count). The number of quaternary nitrogens is 1. The Bertz CT molecular complexity index is 497. The van der Waals surface area contributed by atoms with Crippen LogP contribution in [0.3, 0.4) is 0 Å². The summed E-state index contributed by atoms with van der Waals surface area (Å²) in [5.41, 5.74) is 1.50. The Labute approximate surface area is 201 Å². The van der Waals surface area contributed by atoms with Crippen LogP contribution in [0.4, 0.5) is 0 Å². The van der Waals surface area contributed by atoms with Crippen LogP contribution in [0.2, 0.25) is 0 Å². The van der Waals surface area contributed by atoms with Crippen LogP contribution in [-0.2, 0) is 6.42 Å². The zero-order valence-corrected chi connectivity index (χ0v) is 21.7. The average molecular weight is 450 g/mol. The quantitative estimate of drug-likeness (QED) is 0.157. The number of benzene rings is 1. The third-order valence-corrected chi connectivity index (χ3v) is 6.54. The predicted octanol–water partition coefficient (Wildman–Crippen LogP) is 6.08. The number of hydrogen-bond donors (Lipinski definition) is 0. The standard InChI is InChI=1S/C29H52N.ClH/c1-4-30(2,3)28-24-19-17-15-13-11-9-7-5-6-8-10-12-14-16-18-21-25-29-26-22-20-23-27-29;/h4,20,22-23,26-27H,1,5-19,21,24-25,28H2,2-3H3;1H/q+1;/p-1. The van der Waals surface area contributed by atoms with Crippen LogP contribution in [0.15, 0.2) is 43.1 Å². The molecule has 1 aromatic carbocycles. The van der Waals surface area contributed by atoms with Crippen molar-refractivity contribution in [1.82, 2.24) is 0 Å². The van der Waals surface area contributed by atoms with Crippen molar-refractivity contribution in [1.29, 1.82) is 0 Å². The van der Waals surface area contributed by atoms with Crippen molar-refractivity contribution in [3.05, 3.63) is 48.7 Å². The fourth-order valence-electron chi connectivity index (χ4n) is 4.24. The Balaban J connectivity index is 0.00000900. The Hall–Kier alpha value is -0.790. The van der Waals surface area contributed by atoms with E-state index in [-0.39, 0.29) is 12.4 Å². The summed E-state index contributed by atoms with van der Waals surface area (Å²) >= 11 is 0. The van der Waals surface area contributed by atoms with Crippen LogP contribution < -0.4 is 12.4 Å². The van der Waals surface area contributed by atoms with E-state index in [1.54, 1.807) is 0 Å². The summed E-state index contributed by atoms with van der Waals surface area (Å²) in [6.45, 7) is 5.15. The van der Waals surface area contributed by atoms with Crippen molar-refractivity contribution in [2.45, 2.75) is 116 Å². The molecule has 0 amide bonds. The fraction of sp³-hybridized carbons (Fsp3) is 0.724. The van der Waals surface area contributed by atoms with Gasteiger partial charge < -0.3 is 16.9 Å². The van der Waals surface area contributed by atoms with Gasteiger partial charge in [0, 0.05) is 0 Å². The minimum absolute atomic E-state index is 0. The number of nitrogens with zero attached hydrogens (tertiary/aromatic N) is 1. The van der Waals surface area contributed by atoms with E-state index in [1.165, 1.54) is 128 Å². The zero-order chi connectivity index (χ0) is 21.8. The minimum Gasteiger partial charge on any atom is -1.00 e. The summed E-state index contributed by atoms with van der Waals surface area (Å²) in [7, 11) is 4.47. The van der Waals surface area contributed by atoms with Crippen molar-refractivity contribution >= 4 is 0 Å². The van der Waals surface area contributed by atoms with Crippen LogP contribution in [-0.4, -0.2) is 25.1 Å². The SMILES string of the molecule is C=C[N+](C)(C)CCCCCCCCCCCCCCCCCCCc1ccccc1.[Cl-]. The van der Waals surface area contributed by atoms with E-state index in [9.17, 15) is 0 Å². The summed E-state index contributed by atoms with van der Waals surface area (Å²) in [5, 5.41) is 0. The first-order valence-corrected chi connectivity index (χ1v) is 13.1. The van der Waals surface area contributed by atoms with Gasteiger partial charge in [-0.15, -0.1) is 0 Å². The molecule has 0 aliphatic rings. The summed E-state index contributed by atoms with van der Waals surface area (Å²) < 4.78 is 0.953. The van der Waals surface area contributed by atoms with E-state index in [4.69, 9.17) is 0 Å². The van der Waals surface area contributed by atoms with E-state index < -0.39 is 0 Å². The molecule has 0 aliphatic carbocycles. The lowest BCUT2D eigenvalue weighted by molar-refractivity contribution is -0.838. The van der Waals surface area contributed by atoms with Crippen LogP contribution in [0.5, 0.6) is 0 Å². The van der Waals surface area contributed by atoms with Gasteiger partial charge in [-0.1, -0.05) is 120 Å². The Morgan fingerprint density at radius 2 is 0.935 bits per heavy atom. The molecule has 31 heavy (non-hydrogen) atoms. The van der Waals surface area contributed by atoms with Gasteiger partial charge in [-0.2, -0.15) is 0 Å². The molecule has 0 aromatic heterocycles. The van der Waals surface area contributed by atoms with Gasteiger partial charge in [0.2, 0.25) is 0 Å². The molecular weight excluding hydrogens is 398 g/mol. The largest absolute Gasteiger partial charge is 1.00 e. The van der Waals surface area contributed by atoms with Crippen molar-refractivity contribution < 1.29 is 16.9 Å². The second-order valence-corrected chi connectivity index (χ2v) is 9.93. The number of aryl methyl sites for hydroxylation is 1. The molecule has 0 spiro atoms. The number of halogens is 1. The second kappa shape index (κ2) is 21.1. The van der Waals surface area contributed by atoms with Gasteiger partial charge in [0.25, 0.3) is 0 Å². The number of unbranched alkanes of at least 4 members (excludes halogenated alkanes) is 16. The van der Waals surface area contributed by atoms with Crippen molar-refractivity contribution in [2.24, 2.45) is 0 Å². The molecule has 180 valence electrons. The topological polar surface area (TPSA) is 0 Å². The van der Waals surface area contributed by atoms with Gasteiger partial charge in [-0.3, -0.25) is 0 Å². The van der Waals surface area contributed by atoms with Crippen molar-refractivity contribution in [2.75, 3.05) is 20.6 Å². The van der Waals surface area contributed by atoms with E-state index in [0.717, 1.165) is 4.48 Å². The van der Waals surface area contributed by atoms with Crippen LogP contribution in [0, 0.1) is 0 Å². The van der Waals surface area contributed by atoms with Gasteiger partial charge >= 0.3 is 0 Å². The third kappa shape index (κ3) is 19.6. The highest BCUT2D eigenvalue weighted by molar-refractivity contribution is 5.14. The Morgan fingerprint density at radius 1 is 0.581 bits per heavy atom. The molecule has 0 saturated carbocycles. The number of hydrogen-bond acceptors (Lipinski definition) is 0. The molecule has 0 fully saturated rings. The van der Waals surface area contributed by atoms with E-state index in [2.05, 4.69) is 51.0 Å². The summed E-state index contributed by atoms with van der Waals surface area (Å²) in [6, 6.07) is 10.9. The van der Waals surface area contributed by atoms with Gasteiger partial charge in [0.1, 0.15) is 0 Å². The molecule has 0 atom stereocenters. The molecule has 0 aliphatic heterocycles. The highest BCUT2D eigenvalue weighted by Crippen LogP contribution is 2.15. The normalized spacial score (nSPS) is 11.3.